The highest BCUT2D eigenvalue weighted by molar-refractivity contribution is 5.04. The maximum Gasteiger partial charge on any atom is 0.120 e. The van der Waals surface area contributed by atoms with Gasteiger partial charge in [-0.2, -0.15) is 0 Å². The summed E-state index contributed by atoms with van der Waals surface area (Å²) in [5.41, 5.74) is 0.939. The maximum absolute atomic E-state index is 5.75. The lowest BCUT2D eigenvalue weighted by Crippen LogP contribution is -2.38. The molecule has 0 aromatic carbocycles. The molecule has 0 bridgehead atoms. The lowest BCUT2D eigenvalue weighted by atomic mass is 10.2. The molecule has 0 amide bonds. The maximum atomic E-state index is 5.75. The molecule has 94 valence electrons. The summed E-state index contributed by atoms with van der Waals surface area (Å²) >= 11 is 0. The summed E-state index contributed by atoms with van der Waals surface area (Å²) in [6, 6.07) is 1.90. The Kier molecular flexibility index (Phi) is 3.29. The van der Waals surface area contributed by atoms with Gasteiger partial charge in [0, 0.05) is 31.7 Å². The predicted molar refractivity (Wildman–Crippen MR) is 64.6 cm³/mol. The largest absolute Gasteiger partial charge is 0.369 e. The fourth-order valence-electron chi connectivity index (χ4n) is 2.11. The fraction of sp³-hybridized carbons (Fsp3) is 0.417. The van der Waals surface area contributed by atoms with Gasteiger partial charge in [-0.1, -0.05) is 0 Å². The highest BCUT2D eigenvalue weighted by Crippen LogP contribution is 2.20. The van der Waals surface area contributed by atoms with Crippen molar-refractivity contribution in [3.8, 4) is 0 Å². The second kappa shape index (κ2) is 5.24. The SMILES string of the molecule is c1cc([C@H]2CN(Cc3ncc[nH]3)CCO2)ncn1. The normalized spacial score (nSPS) is 21.0. The van der Waals surface area contributed by atoms with Crippen molar-refractivity contribution in [3.05, 3.63) is 42.5 Å². The van der Waals surface area contributed by atoms with E-state index in [1.54, 1.807) is 18.7 Å². The van der Waals surface area contributed by atoms with Crippen LogP contribution in [0, 0.1) is 0 Å². The van der Waals surface area contributed by atoms with E-state index in [9.17, 15) is 0 Å². The summed E-state index contributed by atoms with van der Waals surface area (Å²) in [4.78, 5) is 17.9. The molecule has 1 N–H and O–H groups in total. The van der Waals surface area contributed by atoms with Crippen LogP contribution >= 0.6 is 0 Å². The molecule has 0 radical (unpaired) electrons. The first kappa shape index (κ1) is 11.3. The zero-order valence-electron chi connectivity index (χ0n) is 9.99. The van der Waals surface area contributed by atoms with Gasteiger partial charge >= 0.3 is 0 Å². The Morgan fingerprint density at radius 2 is 2.39 bits per heavy atom. The molecule has 1 saturated heterocycles. The van der Waals surface area contributed by atoms with Gasteiger partial charge in [-0.15, -0.1) is 0 Å². The standard InChI is InChI=1S/C12H15N5O/c1-2-13-9-16-10(1)11-7-17(5-6-18-11)8-12-14-3-4-15-12/h1-4,9,11H,5-8H2,(H,14,15)/t11-/m1/s1. The van der Waals surface area contributed by atoms with Gasteiger partial charge in [0.15, 0.2) is 0 Å². The van der Waals surface area contributed by atoms with E-state index in [1.165, 1.54) is 0 Å². The summed E-state index contributed by atoms with van der Waals surface area (Å²) in [6.07, 6.45) is 6.95. The average molecular weight is 245 g/mol. The zero-order chi connectivity index (χ0) is 12.2. The first-order valence-corrected chi connectivity index (χ1v) is 6.00. The first-order valence-electron chi connectivity index (χ1n) is 6.00. The Morgan fingerprint density at radius 1 is 1.39 bits per heavy atom. The highest BCUT2D eigenvalue weighted by Gasteiger charge is 2.23. The van der Waals surface area contributed by atoms with Crippen molar-refractivity contribution >= 4 is 0 Å². The molecule has 0 saturated carbocycles. The number of hydrogen-bond donors (Lipinski definition) is 1. The minimum Gasteiger partial charge on any atom is -0.369 e. The third kappa shape index (κ3) is 2.55. The van der Waals surface area contributed by atoms with Gasteiger partial charge in [-0.05, 0) is 6.07 Å². The smallest absolute Gasteiger partial charge is 0.120 e. The minimum absolute atomic E-state index is 0.0247. The van der Waals surface area contributed by atoms with Crippen LogP contribution in [0.25, 0.3) is 0 Å². The molecule has 6 heteroatoms. The van der Waals surface area contributed by atoms with E-state index in [1.807, 2.05) is 12.3 Å². The van der Waals surface area contributed by atoms with Gasteiger partial charge in [0.25, 0.3) is 0 Å². The summed E-state index contributed by atoms with van der Waals surface area (Å²) in [5, 5.41) is 0. The number of nitrogens with one attached hydrogen (secondary N) is 1. The summed E-state index contributed by atoms with van der Waals surface area (Å²) in [6.45, 7) is 3.29. The van der Waals surface area contributed by atoms with Crippen molar-refractivity contribution in [2.45, 2.75) is 12.6 Å². The van der Waals surface area contributed by atoms with Gasteiger partial charge in [0.05, 0.1) is 18.8 Å². The Labute approximate surface area is 105 Å². The van der Waals surface area contributed by atoms with Crippen LogP contribution in [0.15, 0.2) is 31.0 Å². The number of morpholine rings is 1. The molecule has 0 spiro atoms. The van der Waals surface area contributed by atoms with E-state index in [0.29, 0.717) is 0 Å². The van der Waals surface area contributed by atoms with Gasteiger partial charge in [-0.3, -0.25) is 4.90 Å². The van der Waals surface area contributed by atoms with Crippen molar-refractivity contribution in [3.63, 3.8) is 0 Å². The number of ether oxygens (including phenoxy) is 1. The topological polar surface area (TPSA) is 66.9 Å². The third-order valence-electron chi connectivity index (χ3n) is 3.01. The molecule has 2 aromatic heterocycles. The van der Waals surface area contributed by atoms with Crippen LogP contribution in [0.1, 0.15) is 17.6 Å². The van der Waals surface area contributed by atoms with Crippen LogP contribution in [-0.4, -0.2) is 44.5 Å². The number of H-pyrrole nitrogens is 1. The number of hydrogen-bond acceptors (Lipinski definition) is 5. The van der Waals surface area contributed by atoms with Crippen LogP contribution < -0.4 is 0 Å². The molecule has 2 aromatic rings. The lowest BCUT2D eigenvalue weighted by molar-refractivity contribution is -0.0357. The number of imidazole rings is 1. The van der Waals surface area contributed by atoms with Crippen LogP contribution in [0.2, 0.25) is 0 Å². The lowest BCUT2D eigenvalue weighted by Gasteiger charge is -2.31. The third-order valence-corrected chi connectivity index (χ3v) is 3.01. The fourth-order valence-corrected chi connectivity index (χ4v) is 2.11. The summed E-state index contributed by atoms with van der Waals surface area (Å²) in [7, 11) is 0. The van der Waals surface area contributed by atoms with Gasteiger partial charge < -0.3 is 9.72 Å². The number of nitrogens with zero attached hydrogens (tertiary/aromatic N) is 4. The molecule has 0 unspecified atom stereocenters. The number of aromatic nitrogens is 4. The molecular formula is C12H15N5O. The molecule has 3 rings (SSSR count). The molecular weight excluding hydrogens is 230 g/mol. The molecule has 1 aliphatic rings. The Bertz CT molecular complexity index is 472. The van der Waals surface area contributed by atoms with Crippen LogP contribution in [-0.2, 0) is 11.3 Å². The molecule has 18 heavy (non-hydrogen) atoms. The van der Waals surface area contributed by atoms with Gasteiger partial charge in [-0.25, -0.2) is 15.0 Å². The molecule has 6 nitrogen and oxygen atoms in total. The first-order chi connectivity index (χ1) is 8.92. The number of rotatable bonds is 3. The predicted octanol–water partition coefficient (Wildman–Crippen LogP) is 0.773. The van der Waals surface area contributed by atoms with E-state index in [2.05, 4.69) is 24.8 Å². The Morgan fingerprint density at radius 3 is 3.17 bits per heavy atom. The van der Waals surface area contributed by atoms with E-state index >= 15 is 0 Å². The Balaban J connectivity index is 1.65. The second-order valence-corrected chi connectivity index (χ2v) is 4.26. The molecule has 1 fully saturated rings. The van der Waals surface area contributed by atoms with E-state index in [-0.39, 0.29) is 6.10 Å². The van der Waals surface area contributed by atoms with Crippen LogP contribution in [0.4, 0.5) is 0 Å². The van der Waals surface area contributed by atoms with Crippen LogP contribution in [0.3, 0.4) is 0 Å². The van der Waals surface area contributed by atoms with Gasteiger partial charge in [0.2, 0.25) is 0 Å². The van der Waals surface area contributed by atoms with Crippen molar-refractivity contribution in [2.75, 3.05) is 19.7 Å². The summed E-state index contributed by atoms with van der Waals surface area (Å²) < 4.78 is 5.75. The highest BCUT2D eigenvalue weighted by atomic mass is 16.5. The monoisotopic (exact) mass is 245 g/mol. The average Bonchev–Trinajstić information content (AvgIpc) is 2.93. The van der Waals surface area contributed by atoms with Crippen molar-refractivity contribution in [1.82, 2.24) is 24.8 Å². The minimum atomic E-state index is 0.0247. The van der Waals surface area contributed by atoms with Crippen molar-refractivity contribution in [1.29, 1.82) is 0 Å². The molecule has 1 atom stereocenters. The van der Waals surface area contributed by atoms with Gasteiger partial charge in [0.1, 0.15) is 18.3 Å². The van der Waals surface area contributed by atoms with Crippen molar-refractivity contribution < 1.29 is 4.74 Å². The molecule has 3 heterocycles. The molecule has 1 aliphatic heterocycles. The van der Waals surface area contributed by atoms with E-state index in [0.717, 1.165) is 37.8 Å². The van der Waals surface area contributed by atoms with Crippen LogP contribution in [0.5, 0.6) is 0 Å². The Hall–Kier alpha value is -1.79. The molecule has 0 aliphatic carbocycles. The van der Waals surface area contributed by atoms with E-state index in [4.69, 9.17) is 4.74 Å². The quantitative estimate of drug-likeness (QED) is 0.865. The van der Waals surface area contributed by atoms with E-state index < -0.39 is 0 Å². The zero-order valence-corrected chi connectivity index (χ0v) is 9.99. The second-order valence-electron chi connectivity index (χ2n) is 4.26. The summed E-state index contributed by atoms with van der Waals surface area (Å²) in [5.74, 6) is 0.985. The number of aromatic amines is 1. The van der Waals surface area contributed by atoms with Crippen molar-refractivity contribution in [2.24, 2.45) is 0 Å².